The smallest absolute Gasteiger partial charge is 0.290 e. The van der Waals surface area contributed by atoms with Crippen LogP contribution in [-0.4, -0.2) is 31.9 Å². The van der Waals surface area contributed by atoms with E-state index in [4.69, 9.17) is 4.99 Å². The zero-order valence-electron chi connectivity index (χ0n) is 17.9. The molecule has 9 nitrogen and oxygen atoms in total. The number of hydrogen-bond acceptors (Lipinski definition) is 7. The molecule has 1 saturated heterocycles. The SMILES string of the molecule is O=C1NC(=O)C(=Cc2ccc(N=C(c3ccccc3)c3c(O)[nH]c4ccc([N+](=O)[O-])cc34)cc2)S1. The number of nitro groups is 1. The number of carbonyl (C=O) groups excluding carboxylic acids is 2. The van der Waals surface area contributed by atoms with E-state index in [2.05, 4.69) is 10.3 Å². The summed E-state index contributed by atoms with van der Waals surface area (Å²) >= 11 is 0.839. The fourth-order valence-electron chi connectivity index (χ4n) is 3.73. The number of nitro benzene ring substituents is 1. The van der Waals surface area contributed by atoms with Crippen LogP contribution in [0, 0.1) is 10.1 Å². The predicted octanol–water partition coefficient (Wildman–Crippen LogP) is 5.27. The lowest BCUT2D eigenvalue weighted by atomic mass is 10.0. The number of aliphatic imine (C=N–C) groups is 1. The molecule has 4 aromatic rings. The maximum absolute atomic E-state index is 11.8. The summed E-state index contributed by atoms with van der Waals surface area (Å²) in [5.41, 5.74) is 3.19. The van der Waals surface area contributed by atoms with Crippen molar-refractivity contribution in [2.75, 3.05) is 0 Å². The van der Waals surface area contributed by atoms with Gasteiger partial charge in [-0.1, -0.05) is 42.5 Å². The van der Waals surface area contributed by atoms with Gasteiger partial charge in [0.1, 0.15) is 0 Å². The molecule has 1 aromatic heterocycles. The first kappa shape index (κ1) is 22.1. The van der Waals surface area contributed by atoms with E-state index in [1.165, 1.54) is 12.1 Å². The highest BCUT2D eigenvalue weighted by molar-refractivity contribution is 8.18. The van der Waals surface area contributed by atoms with Gasteiger partial charge in [-0.25, -0.2) is 4.99 Å². The van der Waals surface area contributed by atoms with E-state index in [9.17, 15) is 24.8 Å². The van der Waals surface area contributed by atoms with Crippen molar-refractivity contribution in [3.63, 3.8) is 0 Å². The van der Waals surface area contributed by atoms with Crippen molar-refractivity contribution < 1.29 is 19.6 Å². The van der Waals surface area contributed by atoms with E-state index in [-0.39, 0.29) is 11.6 Å². The Labute approximate surface area is 202 Å². The summed E-state index contributed by atoms with van der Waals surface area (Å²) < 4.78 is 0. The van der Waals surface area contributed by atoms with Crippen LogP contribution in [0.3, 0.4) is 0 Å². The van der Waals surface area contributed by atoms with E-state index in [0.29, 0.717) is 43.9 Å². The molecular weight excluding hydrogens is 468 g/mol. The molecule has 0 unspecified atom stereocenters. The minimum absolute atomic E-state index is 0.102. The first-order valence-electron chi connectivity index (χ1n) is 10.4. The molecular formula is C25H16N4O5S. The number of H-pyrrole nitrogens is 1. The molecule has 10 heteroatoms. The number of carbonyl (C=O) groups is 2. The summed E-state index contributed by atoms with van der Waals surface area (Å²) in [6, 6.07) is 20.5. The highest BCUT2D eigenvalue weighted by Crippen LogP contribution is 2.34. The van der Waals surface area contributed by atoms with E-state index < -0.39 is 16.1 Å². The van der Waals surface area contributed by atoms with Crippen molar-refractivity contribution in [3.8, 4) is 5.88 Å². The maximum Gasteiger partial charge on any atom is 0.290 e. The van der Waals surface area contributed by atoms with Crippen molar-refractivity contribution in [2.24, 2.45) is 4.99 Å². The largest absolute Gasteiger partial charge is 0.494 e. The van der Waals surface area contributed by atoms with Crippen molar-refractivity contribution in [1.29, 1.82) is 0 Å². The number of thioether (sulfide) groups is 1. The fraction of sp³-hybridized carbons (Fsp3) is 0. The highest BCUT2D eigenvalue weighted by atomic mass is 32.2. The molecule has 0 radical (unpaired) electrons. The van der Waals surface area contributed by atoms with Crippen LogP contribution >= 0.6 is 11.8 Å². The van der Waals surface area contributed by atoms with Gasteiger partial charge in [0.05, 0.1) is 26.8 Å². The molecule has 35 heavy (non-hydrogen) atoms. The number of aromatic nitrogens is 1. The first-order valence-corrected chi connectivity index (χ1v) is 11.2. The molecule has 5 rings (SSSR count). The molecule has 172 valence electrons. The monoisotopic (exact) mass is 484 g/mol. The van der Waals surface area contributed by atoms with Gasteiger partial charge in [0.25, 0.3) is 16.8 Å². The van der Waals surface area contributed by atoms with Crippen LogP contribution in [0.4, 0.5) is 16.2 Å². The predicted molar refractivity (Wildman–Crippen MR) is 134 cm³/mol. The second-order valence-electron chi connectivity index (χ2n) is 7.61. The molecule has 0 atom stereocenters. The molecule has 1 aliphatic heterocycles. The standard InChI is InChI=1S/C25H16N4O5S/c30-23-20(35-25(32)28-23)12-14-6-8-16(9-7-14)26-22(15-4-2-1-3-5-15)21-18-13-17(29(33)34)10-11-19(18)27-24(21)31/h1-13,27,31H,(H,28,30,32). The average molecular weight is 484 g/mol. The minimum Gasteiger partial charge on any atom is -0.494 e. The summed E-state index contributed by atoms with van der Waals surface area (Å²) in [5.74, 6) is -0.587. The Balaban J connectivity index is 1.61. The molecule has 0 spiro atoms. The topological polar surface area (TPSA) is 138 Å². The number of imide groups is 1. The van der Waals surface area contributed by atoms with Crippen LogP contribution in [0.2, 0.25) is 0 Å². The fourth-order valence-corrected chi connectivity index (χ4v) is 4.41. The number of rotatable bonds is 5. The van der Waals surface area contributed by atoms with Gasteiger partial charge in [-0.3, -0.25) is 25.0 Å². The van der Waals surface area contributed by atoms with Crippen LogP contribution in [0.15, 0.2) is 82.7 Å². The van der Waals surface area contributed by atoms with Crippen molar-refractivity contribution in [2.45, 2.75) is 0 Å². The average Bonchev–Trinajstić information content (AvgIpc) is 3.35. The number of amides is 2. The summed E-state index contributed by atoms with van der Waals surface area (Å²) in [4.78, 5) is 41.9. The molecule has 3 N–H and O–H groups in total. The number of benzene rings is 3. The zero-order chi connectivity index (χ0) is 24.5. The van der Waals surface area contributed by atoms with Gasteiger partial charge in [-0.05, 0) is 41.6 Å². The van der Waals surface area contributed by atoms with Crippen LogP contribution in [0.5, 0.6) is 5.88 Å². The number of hydrogen-bond donors (Lipinski definition) is 3. The van der Waals surface area contributed by atoms with E-state index >= 15 is 0 Å². The van der Waals surface area contributed by atoms with Crippen LogP contribution < -0.4 is 5.32 Å². The Morgan fingerprint density at radius 1 is 1.03 bits per heavy atom. The number of non-ortho nitro benzene ring substituents is 1. The third kappa shape index (κ3) is 4.42. The lowest BCUT2D eigenvalue weighted by molar-refractivity contribution is -0.384. The van der Waals surface area contributed by atoms with Gasteiger partial charge >= 0.3 is 0 Å². The Morgan fingerprint density at radius 2 is 1.77 bits per heavy atom. The summed E-state index contributed by atoms with van der Waals surface area (Å²) in [6.07, 6.45) is 1.61. The van der Waals surface area contributed by atoms with Crippen molar-refractivity contribution >= 4 is 57.0 Å². The van der Waals surface area contributed by atoms with Crippen molar-refractivity contribution in [3.05, 3.63) is 105 Å². The molecule has 1 fully saturated rings. The Bertz CT molecular complexity index is 1560. The van der Waals surface area contributed by atoms with Crippen LogP contribution in [0.1, 0.15) is 16.7 Å². The normalized spacial score (nSPS) is 15.1. The molecule has 0 bridgehead atoms. The Hall–Kier alpha value is -4.70. The number of fused-ring (bicyclic) bond motifs is 1. The number of nitrogens with zero attached hydrogens (tertiary/aromatic N) is 2. The molecule has 0 aliphatic carbocycles. The number of nitrogens with one attached hydrogen (secondary N) is 2. The van der Waals surface area contributed by atoms with Gasteiger partial charge < -0.3 is 10.1 Å². The molecule has 1 aliphatic rings. The van der Waals surface area contributed by atoms with Gasteiger partial charge in [-0.15, -0.1) is 0 Å². The number of aromatic hydroxyl groups is 1. The van der Waals surface area contributed by atoms with E-state index in [0.717, 1.165) is 11.8 Å². The van der Waals surface area contributed by atoms with Gasteiger partial charge in [0, 0.05) is 28.6 Å². The number of aromatic amines is 1. The highest BCUT2D eigenvalue weighted by Gasteiger charge is 2.25. The summed E-state index contributed by atoms with van der Waals surface area (Å²) in [7, 11) is 0. The van der Waals surface area contributed by atoms with E-state index in [1.807, 2.05) is 30.3 Å². The first-order chi connectivity index (χ1) is 16.9. The molecule has 3 aromatic carbocycles. The van der Waals surface area contributed by atoms with Gasteiger partial charge in [-0.2, -0.15) is 0 Å². The summed E-state index contributed by atoms with van der Waals surface area (Å²) in [5, 5.41) is 24.4. The third-order valence-corrected chi connectivity index (χ3v) is 6.14. The Morgan fingerprint density at radius 3 is 2.43 bits per heavy atom. The second-order valence-corrected chi connectivity index (χ2v) is 8.62. The molecule has 2 amide bonds. The van der Waals surface area contributed by atoms with Crippen molar-refractivity contribution in [1.82, 2.24) is 10.3 Å². The lowest BCUT2D eigenvalue weighted by Gasteiger charge is -2.08. The molecule has 2 heterocycles. The lowest BCUT2D eigenvalue weighted by Crippen LogP contribution is -2.17. The quantitative estimate of drug-likeness (QED) is 0.153. The third-order valence-electron chi connectivity index (χ3n) is 5.33. The second kappa shape index (κ2) is 8.92. The van der Waals surface area contributed by atoms with Gasteiger partial charge in [0.15, 0.2) is 5.88 Å². The van der Waals surface area contributed by atoms with Crippen LogP contribution in [-0.2, 0) is 4.79 Å². The maximum atomic E-state index is 11.8. The van der Waals surface area contributed by atoms with Crippen LogP contribution in [0.25, 0.3) is 17.0 Å². The Kier molecular flexibility index (Phi) is 5.63. The van der Waals surface area contributed by atoms with Gasteiger partial charge in [0.2, 0.25) is 0 Å². The molecule has 0 saturated carbocycles. The minimum atomic E-state index is -0.490. The van der Waals surface area contributed by atoms with E-state index in [1.54, 1.807) is 36.4 Å². The summed E-state index contributed by atoms with van der Waals surface area (Å²) in [6.45, 7) is 0. The zero-order valence-corrected chi connectivity index (χ0v) is 18.7.